The molecule has 2 heterocycles. The minimum atomic E-state index is 0.458. The summed E-state index contributed by atoms with van der Waals surface area (Å²) in [5.41, 5.74) is 6.23. The monoisotopic (exact) mass is 251 g/mol. The Hall–Kier alpha value is -0.120. The zero-order valence-corrected chi connectivity index (χ0v) is 11.7. The zero-order valence-electron chi connectivity index (χ0n) is 11.7. The zero-order chi connectivity index (χ0) is 12.4. The Morgan fingerprint density at radius 2 is 1.56 bits per heavy atom. The van der Waals surface area contributed by atoms with Gasteiger partial charge in [-0.2, -0.15) is 0 Å². The highest BCUT2D eigenvalue weighted by atomic mass is 15.2. The highest BCUT2D eigenvalue weighted by molar-refractivity contribution is 4.90. The Kier molecular flexibility index (Phi) is 4.22. The molecule has 2 saturated heterocycles. The van der Waals surface area contributed by atoms with Crippen molar-refractivity contribution >= 4 is 0 Å². The second-order valence-electron chi connectivity index (χ2n) is 6.65. The summed E-state index contributed by atoms with van der Waals surface area (Å²) in [6.45, 7) is 6.68. The van der Waals surface area contributed by atoms with Gasteiger partial charge in [-0.15, -0.1) is 0 Å². The van der Waals surface area contributed by atoms with Gasteiger partial charge in [0.2, 0.25) is 0 Å². The topological polar surface area (TPSA) is 32.5 Å². The molecule has 2 unspecified atom stereocenters. The van der Waals surface area contributed by atoms with Crippen molar-refractivity contribution in [2.45, 2.75) is 57.0 Å². The molecule has 2 atom stereocenters. The lowest BCUT2D eigenvalue weighted by molar-refractivity contribution is 0.110. The summed E-state index contributed by atoms with van der Waals surface area (Å²) in [4.78, 5) is 5.37. The fourth-order valence-electron chi connectivity index (χ4n) is 4.22. The van der Waals surface area contributed by atoms with Crippen LogP contribution < -0.4 is 5.73 Å². The maximum atomic E-state index is 6.23. The molecule has 0 bridgehead atoms. The lowest BCUT2D eigenvalue weighted by atomic mass is 9.94. The van der Waals surface area contributed by atoms with E-state index in [1.165, 1.54) is 77.7 Å². The Bertz CT molecular complexity index is 254. The minimum absolute atomic E-state index is 0.458. The smallest absolute Gasteiger partial charge is 0.0247 e. The van der Waals surface area contributed by atoms with Crippen molar-refractivity contribution in [1.82, 2.24) is 9.80 Å². The van der Waals surface area contributed by atoms with Crippen LogP contribution in [-0.4, -0.2) is 54.6 Å². The predicted molar refractivity (Wildman–Crippen MR) is 75.6 cm³/mol. The quantitative estimate of drug-likeness (QED) is 0.828. The van der Waals surface area contributed by atoms with E-state index in [0.29, 0.717) is 12.1 Å². The Morgan fingerprint density at radius 3 is 2.17 bits per heavy atom. The van der Waals surface area contributed by atoms with Gasteiger partial charge in [0.1, 0.15) is 0 Å². The molecule has 3 fully saturated rings. The van der Waals surface area contributed by atoms with Gasteiger partial charge in [-0.05, 0) is 70.6 Å². The number of piperidine rings is 1. The third-order valence-corrected chi connectivity index (χ3v) is 5.36. The normalized spacial score (nSPS) is 36.5. The number of hydrogen-bond acceptors (Lipinski definition) is 3. The minimum Gasteiger partial charge on any atom is -0.326 e. The van der Waals surface area contributed by atoms with Gasteiger partial charge in [0, 0.05) is 18.6 Å². The molecule has 3 rings (SSSR count). The van der Waals surface area contributed by atoms with E-state index in [9.17, 15) is 0 Å². The van der Waals surface area contributed by atoms with Crippen LogP contribution in [0.25, 0.3) is 0 Å². The van der Waals surface area contributed by atoms with Crippen LogP contribution in [0.4, 0.5) is 0 Å². The van der Waals surface area contributed by atoms with Gasteiger partial charge in [-0.25, -0.2) is 0 Å². The third kappa shape index (κ3) is 2.89. The highest BCUT2D eigenvalue weighted by Crippen LogP contribution is 2.28. The fraction of sp³-hybridized carbons (Fsp3) is 1.00. The fourth-order valence-corrected chi connectivity index (χ4v) is 4.22. The molecule has 104 valence electrons. The maximum Gasteiger partial charge on any atom is 0.0247 e. The number of hydrogen-bond donors (Lipinski definition) is 1. The van der Waals surface area contributed by atoms with Crippen LogP contribution in [0.2, 0.25) is 0 Å². The van der Waals surface area contributed by atoms with E-state index in [4.69, 9.17) is 5.73 Å². The van der Waals surface area contributed by atoms with Gasteiger partial charge in [-0.3, -0.25) is 4.90 Å². The first-order valence-electron chi connectivity index (χ1n) is 8.05. The average molecular weight is 251 g/mol. The van der Waals surface area contributed by atoms with Crippen molar-refractivity contribution < 1.29 is 0 Å². The van der Waals surface area contributed by atoms with Crippen LogP contribution >= 0.6 is 0 Å². The van der Waals surface area contributed by atoms with Crippen LogP contribution in [0, 0.1) is 5.92 Å². The summed E-state index contributed by atoms with van der Waals surface area (Å²) in [7, 11) is 0. The first-order chi connectivity index (χ1) is 8.83. The molecule has 1 aliphatic carbocycles. The first kappa shape index (κ1) is 12.9. The van der Waals surface area contributed by atoms with Crippen molar-refractivity contribution in [2.24, 2.45) is 11.7 Å². The third-order valence-electron chi connectivity index (χ3n) is 5.36. The van der Waals surface area contributed by atoms with Gasteiger partial charge in [0.05, 0.1) is 0 Å². The van der Waals surface area contributed by atoms with Crippen LogP contribution in [0.1, 0.15) is 44.9 Å². The van der Waals surface area contributed by atoms with Crippen molar-refractivity contribution in [3.8, 4) is 0 Å². The van der Waals surface area contributed by atoms with E-state index in [-0.39, 0.29) is 0 Å². The van der Waals surface area contributed by atoms with Crippen molar-refractivity contribution in [3.63, 3.8) is 0 Å². The van der Waals surface area contributed by atoms with Crippen molar-refractivity contribution in [1.29, 1.82) is 0 Å². The summed E-state index contributed by atoms with van der Waals surface area (Å²) in [5, 5.41) is 0. The molecular formula is C15H29N3. The maximum absolute atomic E-state index is 6.23. The average Bonchev–Trinajstić information content (AvgIpc) is 3.02. The molecular weight excluding hydrogens is 222 g/mol. The molecule has 1 saturated carbocycles. The van der Waals surface area contributed by atoms with E-state index in [1.807, 2.05) is 0 Å². The number of likely N-dealkylation sites (tertiary alicyclic amines) is 2. The van der Waals surface area contributed by atoms with Gasteiger partial charge in [0.15, 0.2) is 0 Å². The molecule has 18 heavy (non-hydrogen) atoms. The molecule has 0 aromatic heterocycles. The number of nitrogens with zero attached hydrogens (tertiary/aromatic N) is 2. The van der Waals surface area contributed by atoms with Gasteiger partial charge >= 0.3 is 0 Å². The van der Waals surface area contributed by atoms with E-state index in [0.717, 1.165) is 5.92 Å². The molecule has 0 spiro atoms. The van der Waals surface area contributed by atoms with Crippen LogP contribution in [0.3, 0.4) is 0 Å². The van der Waals surface area contributed by atoms with E-state index in [2.05, 4.69) is 9.80 Å². The SMILES string of the molecule is NC1CCCC1N1CCC(CN2CCCC2)CC1. The summed E-state index contributed by atoms with van der Waals surface area (Å²) in [6, 6.07) is 1.16. The molecule has 0 amide bonds. The molecule has 2 N–H and O–H groups in total. The Labute approximate surface area is 112 Å². The summed E-state index contributed by atoms with van der Waals surface area (Å²) < 4.78 is 0. The van der Waals surface area contributed by atoms with Gasteiger partial charge in [-0.1, -0.05) is 6.42 Å². The number of rotatable bonds is 3. The molecule has 0 aromatic carbocycles. The van der Waals surface area contributed by atoms with Crippen molar-refractivity contribution in [2.75, 3.05) is 32.7 Å². The molecule has 3 nitrogen and oxygen atoms in total. The second kappa shape index (κ2) is 5.89. The van der Waals surface area contributed by atoms with Crippen LogP contribution in [0.5, 0.6) is 0 Å². The molecule has 3 heteroatoms. The van der Waals surface area contributed by atoms with E-state index >= 15 is 0 Å². The van der Waals surface area contributed by atoms with Crippen LogP contribution in [0.15, 0.2) is 0 Å². The Balaban J connectivity index is 1.43. The van der Waals surface area contributed by atoms with Gasteiger partial charge in [0.25, 0.3) is 0 Å². The van der Waals surface area contributed by atoms with E-state index in [1.54, 1.807) is 0 Å². The number of nitrogens with two attached hydrogens (primary N) is 1. The standard InChI is InChI=1S/C15H29N3/c16-14-4-3-5-15(14)18-10-6-13(7-11-18)12-17-8-1-2-9-17/h13-15H,1-12,16H2. The van der Waals surface area contributed by atoms with Crippen molar-refractivity contribution in [3.05, 3.63) is 0 Å². The highest BCUT2D eigenvalue weighted by Gasteiger charge is 2.32. The molecule has 3 aliphatic rings. The molecule has 0 aromatic rings. The van der Waals surface area contributed by atoms with Crippen LogP contribution in [-0.2, 0) is 0 Å². The summed E-state index contributed by atoms with van der Waals surface area (Å²) in [6.07, 6.45) is 9.60. The first-order valence-corrected chi connectivity index (χ1v) is 8.05. The largest absolute Gasteiger partial charge is 0.326 e. The Morgan fingerprint density at radius 1 is 0.833 bits per heavy atom. The molecule has 0 radical (unpaired) electrons. The lowest BCUT2D eigenvalue weighted by Gasteiger charge is -2.38. The lowest BCUT2D eigenvalue weighted by Crippen LogP contribution is -2.48. The summed E-state index contributed by atoms with van der Waals surface area (Å²) >= 11 is 0. The van der Waals surface area contributed by atoms with Gasteiger partial charge < -0.3 is 10.6 Å². The predicted octanol–water partition coefficient (Wildman–Crippen LogP) is 1.67. The summed E-state index contributed by atoms with van der Waals surface area (Å²) in [5.74, 6) is 0.956. The molecule has 2 aliphatic heterocycles. The van der Waals surface area contributed by atoms with E-state index < -0.39 is 0 Å². The second-order valence-corrected chi connectivity index (χ2v) is 6.65.